The Labute approximate surface area is 107 Å². The molecule has 0 amide bonds. The maximum Gasteiger partial charge on any atom is 0.186 e. The van der Waals surface area contributed by atoms with Crippen LogP contribution < -0.4 is 5.32 Å². The number of nitrogens with one attached hydrogen (secondary N) is 1. The molecule has 1 aromatic rings. The summed E-state index contributed by atoms with van der Waals surface area (Å²) in [6.45, 7) is 6.67. The minimum atomic E-state index is -0.350. The number of aromatic nitrogens is 2. The molecule has 0 saturated heterocycles. The van der Waals surface area contributed by atoms with Gasteiger partial charge in [-0.3, -0.25) is 0 Å². The third kappa shape index (κ3) is 4.11. The number of nitrogens with zero attached hydrogens (tertiary/aromatic N) is 2. The second-order valence-corrected chi connectivity index (χ2v) is 5.17. The molecule has 0 bridgehead atoms. The van der Waals surface area contributed by atoms with Crippen LogP contribution in [0.4, 0.5) is 10.2 Å². The minimum absolute atomic E-state index is 0.0194. The molecule has 17 heavy (non-hydrogen) atoms. The Hall–Kier alpha value is -0.900. The molecule has 0 aliphatic rings. The van der Waals surface area contributed by atoms with Crippen molar-refractivity contribution in [2.45, 2.75) is 33.6 Å². The van der Waals surface area contributed by atoms with Crippen LogP contribution in [0.5, 0.6) is 0 Å². The van der Waals surface area contributed by atoms with Gasteiger partial charge in [0.2, 0.25) is 0 Å². The lowest BCUT2D eigenvalue weighted by molar-refractivity contribution is 0.378. The Morgan fingerprint density at radius 3 is 2.71 bits per heavy atom. The van der Waals surface area contributed by atoms with Gasteiger partial charge in [0, 0.05) is 12.4 Å². The Kier molecular flexibility index (Phi) is 5.12. The largest absolute Gasteiger partial charge is 0.367 e. The number of hydrogen-bond donors (Lipinski definition) is 1. The molecule has 1 rings (SSSR count). The average molecular weight is 260 g/mol. The SMILES string of the molecule is CCc1ncnc(NCC(C)(C)CCCl)c1F. The quantitative estimate of drug-likeness (QED) is 0.797. The Balaban J connectivity index is 2.69. The fraction of sp³-hybridized carbons (Fsp3) is 0.667. The zero-order valence-corrected chi connectivity index (χ0v) is 11.3. The molecule has 96 valence electrons. The molecule has 1 aromatic heterocycles. The van der Waals surface area contributed by atoms with Crippen molar-refractivity contribution in [3.8, 4) is 0 Å². The van der Waals surface area contributed by atoms with Crippen molar-refractivity contribution in [3.05, 3.63) is 17.8 Å². The number of anilines is 1. The lowest BCUT2D eigenvalue weighted by Crippen LogP contribution is -2.24. The van der Waals surface area contributed by atoms with Crippen LogP contribution in [-0.2, 0) is 6.42 Å². The van der Waals surface area contributed by atoms with E-state index in [4.69, 9.17) is 11.6 Å². The molecule has 0 spiro atoms. The fourth-order valence-corrected chi connectivity index (χ4v) is 1.95. The van der Waals surface area contributed by atoms with Crippen molar-refractivity contribution < 1.29 is 4.39 Å². The van der Waals surface area contributed by atoms with Gasteiger partial charge >= 0.3 is 0 Å². The maximum absolute atomic E-state index is 13.8. The zero-order valence-electron chi connectivity index (χ0n) is 10.6. The third-order valence-corrected chi connectivity index (χ3v) is 2.89. The molecule has 0 aliphatic carbocycles. The first kappa shape index (κ1) is 14.2. The minimum Gasteiger partial charge on any atom is -0.367 e. The highest BCUT2D eigenvalue weighted by molar-refractivity contribution is 6.17. The Bertz CT molecular complexity index is 369. The van der Waals surface area contributed by atoms with E-state index in [9.17, 15) is 4.39 Å². The zero-order chi connectivity index (χ0) is 12.9. The maximum atomic E-state index is 13.8. The summed E-state index contributed by atoms with van der Waals surface area (Å²) in [7, 11) is 0. The van der Waals surface area contributed by atoms with E-state index in [1.165, 1.54) is 6.33 Å². The van der Waals surface area contributed by atoms with Crippen LogP contribution in [0.15, 0.2) is 6.33 Å². The van der Waals surface area contributed by atoms with Gasteiger partial charge in [-0.25, -0.2) is 14.4 Å². The topological polar surface area (TPSA) is 37.8 Å². The first-order valence-electron chi connectivity index (χ1n) is 5.79. The van der Waals surface area contributed by atoms with Crippen molar-refractivity contribution >= 4 is 17.4 Å². The van der Waals surface area contributed by atoms with Gasteiger partial charge in [0.15, 0.2) is 11.6 Å². The van der Waals surface area contributed by atoms with Crippen molar-refractivity contribution in [2.75, 3.05) is 17.7 Å². The lowest BCUT2D eigenvalue weighted by atomic mass is 9.90. The molecule has 1 N–H and O–H groups in total. The predicted octanol–water partition coefficient (Wildman–Crippen LogP) is 3.25. The van der Waals surface area contributed by atoms with E-state index in [1.807, 2.05) is 6.92 Å². The van der Waals surface area contributed by atoms with Crippen molar-refractivity contribution in [3.63, 3.8) is 0 Å². The highest BCUT2D eigenvalue weighted by Gasteiger charge is 2.18. The standard InChI is InChI=1S/C12H19ClFN3/c1-4-9-10(14)11(17-8-16-9)15-7-12(2,3)5-6-13/h8H,4-7H2,1-3H3,(H,15,16,17). The predicted molar refractivity (Wildman–Crippen MR) is 69.0 cm³/mol. The van der Waals surface area contributed by atoms with Gasteiger partial charge in [-0.05, 0) is 18.3 Å². The molecule has 0 saturated carbocycles. The number of aryl methyl sites for hydroxylation is 1. The molecule has 0 atom stereocenters. The summed E-state index contributed by atoms with van der Waals surface area (Å²) >= 11 is 5.72. The molecule has 0 unspecified atom stereocenters. The van der Waals surface area contributed by atoms with Crippen LogP contribution in [0, 0.1) is 11.2 Å². The van der Waals surface area contributed by atoms with Crippen molar-refractivity contribution in [1.29, 1.82) is 0 Å². The Morgan fingerprint density at radius 1 is 1.41 bits per heavy atom. The molecular formula is C12H19ClFN3. The van der Waals surface area contributed by atoms with Crippen LogP contribution in [0.2, 0.25) is 0 Å². The molecule has 5 heteroatoms. The lowest BCUT2D eigenvalue weighted by Gasteiger charge is -2.24. The van der Waals surface area contributed by atoms with Gasteiger partial charge in [-0.2, -0.15) is 0 Å². The van der Waals surface area contributed by atoms with Crippen LogP contribution in [0.3, 0.4) is 0 Å². The fourth-order valence-electron chi connectivity index (χ4n) is 1.44. The van der Waals surface area contributed by atoms with Crippen molar-refractivity contribution in [2.24, 2.45) is 5.41 Å². The summed E-state index contributed by atoms with van der Waals surface area (Å²) in [5.41, 5.74) is 0.462. The number of alkyl halides is 1. The van der Waals surface area contributed by atoms with Crippen LogP contribution >= 0.6 is 11.6 Å². The smallest absolute Gasteiger partial charge is 0.186 e. The molecule has 0 aromatic carbocycles. The van der Waals surface area contributed by atoms with E-state index in [1.54, 1.807) is 0 Å². The van der Waals surface area contributed by atoms with Gasteiger partial charge in [0.1, 0.15) is 6.33 Å². The van der Waals surface area contributed by atoms with Crippen LogP contribution in [0.1, 0.15) is 32.9 Å². The van der Waals surface area contributed by atoms with Gasteiger partial charge in [0.05, 0.1) is 5.69 Å². The summed E-state index contributed by atoms with van der Waals surface area (Å²) in [4.78, 5) is 7.81. The van der Waals surface area contributed by atoms with E-state index >= 15 is 0 Å². The second-order valence-electron chi connectivity index (χ2n) is 4.79. The van der Waals surface area contributed by atoms with Gasteiger partial charge in [-0.1, -0.05) is 20.8 Å². The molecular weight excluding hydrogens is 241 g/mol. The summed E-state index contributed by atoms with van der Waals surface area (Å²) in [5.74, 6) is 0.525. The highest BCUT2D eigenvalue weighted by atomic mass is 35.5. The molecule has 3 nitrogen and oxygen atoms in total. The van der Waals surface area contributed by atoms with E-state index in [0.717, 1.165) is 6.42 Å². The Morgan fingerprint density at radius 2 is 2.12 bits per heavy atom. The molecule has 0 aliphatic heterocycles. The first-order chi connectivity index (χ1) is 8.00. The van der Waals surface area contributed by atoms with Crippen LogP contribution in [0.25, 0.3) is 0 Å². The summed E-state index contributed by atoms with van der Waals surface area (Å²) < 4.78 is 13.8. The highest BCUT2D eigenvalue weighted by Crippen LogP contribution is 2.22. The van der Waals surface area contributed by atoms with Crippen LogP contribution in [-0.4, -0.2) is 22.4 Å². The number of hydrogen-bond acceptors (Lipinski definition) is 3. The van der Waals surface area contributed by atoms with Crippen molar-refractivity contribution in [1.82, 2.24) is 9.97 Å². The molecule has 1 heterocycles. The summed E-state index contributed by atoms with van der Waals surface area (Å²) in [6.07, 6.45) is 2.82. The van der Waals surface area contributed by atoms with Gasteiger partial charge in [0.25, 0.3) is 0 Å². The van der Waals surface area contributed by atoms with Gasteiger partial charge in [-0.15, -0.1) is 11.6 Å². The molecule has 0 fully saturated rings. The summed E-state index contributed by atoms with van der Waals surface area (Å²) in [5, 5.41) is 3.03. The third-order valence-electron chi connectivity index (χ3n) is 2.70. The van der Waals surface area contributed by atoms with Gasteiger partial charge < -0.3 is 5.32 Å². The number of rotatable bonds is 6. The van der Waals surface area contributed by atoms with E-state index in [2.05, 4.69) is 29.1 Å². The second kappa shape index (κ2) is 6.15. The van der Waals surface area contributed by atoms with E-state index in [0.29, 0.717) is 24.5 Å². The summed E-state index contributed by atoms with van der Waals surface area (Å²) in [6, 6.07) is 0. The van der Waals surface area contributed by atoms with E-state index in [-0.39, 0.29) is 17.1 Å². The number of halogens is 2. The average Bonchev–Trinajstić information content (AvgIpc) is 2.28. The molecule has 0 radical (unpaired) electrons. The normalized spacial score (nSPS) is 11.6. The monoisotopic (exact) mass is 259 g/mol. The first-order valence-corrected chi connectivity index (χ1v) is 6.33. The van der Waals surface area contributed by atoms with E-state index < -0.39 is 0 Å².